The highest BCUT2D eigenvalue weighted by Gasteiger charge is 2.29. The van der Waals surface area contributed by atoms with Gasteiger partial charge in [0, 0.05) is 12.6 Å². The van der Waals surface area contributed by atoms with Gasteiger partial charge in [0.2, 0.25) is 5.91 Å². The number of carbonyl (C=O) groups is 1. The number of likely N-dealkylation sites (N-methyl/N-ethyl adjacent to an activating group) is 1. The number of hydrogen-bond donors (Lipinski definition) is 1. The van der Waals surface area contributed by atoms with Gasteiger partial charge in [-0.3, -0.25) is 4.79 Å². The van der Waals surface area contributed by atoms with Crippen LogP contribution in [0.2, 0.25) is 0 Å². The van der Waals surface area contributed by atoms with Crippen molar-refractivity contribution in [2.75, 3.05) is 11.9 Å². The lowest BCUT2D eigenvalue weighted by molar-refractivity contribution is -0.119. The molecule has 0 saturated carbocycles. The summed E-state index contributed by atoms with van der Waals surface area (Å²) in [5.74, 6) is -0.532. The minimum atomic E-state index is -0.770. The topological polar surface area (TPSA) is 46.3 Å². The van der Waals surface area contributed by atoms with Crippen LogP contribution in [0.15, 0.2) is 42.5 Å². The Bertz CT molecular complexity index is 669. The first-order chi connectivity index (χ1) is 9.09. The lowest BCUT2D eigenvalue weighted by Gasteiger charge is -2.19. The number of carbonyl (C=O) groups excluding carboxylic acids is 1. The van der Waals surface area contributed by atoms with Gasteiger partial charge in [-0.1, -0.05) is 24.3 Å². The highest BCUT2D eigenvalue weighted by Crippen LogP contribution is 2.38. The standard InChI is InChI=1S/C15H13FN2O/c1-18-13-5-3-2-4-10(13)12-8-9(16)6-7-11(12)14(17)15(18)19/h2-8,14H,17H2,1H3/t14-/m0/s1. The normalized spacial score (nSPS) is 17.7. The Kier molecular flexibility index (Phi) is 2.61. The zero-order valence-corrected chi connectivity index (χ0v) is 10.4. The van der Waals surface area contributed by atoms with E-state index >= 15 is 0 Å². The van der Waals surface area contributed by atoms with E-state index in [1.165, 1.54) is 17.0 Å². The Morgan fingerprint density at radius 1 is 1.16 bits per heavy atom. The van der Waals surface area contributed by atoms with Crippen LogP contribution in [0.4, 0.5) is 10.1 Å². The maximum Gasteiger partial charge on any atom is 0.248 e. The molecular weight excluding hydrogens is 243 g/mol. The molecule has 96 valence electrons. The summed E-state index contributed by atoms with van der Waals surface area (Å²) in [6, 6.07) is 11.0. The van der Waals surface area contributed by atoms with Crippen molar-refractivity contribution in [3.8, 4) is 11.1 Å². The third-order valence-corrected chi connectivity index (χ3v) is 3.50. The largest absolute Gasteiger partial charge is 0.316 e. The second-order valence-corrected chi connectivity index (χ2v) is 4.62. The van der Waals surface area contributed by atoms with Crippen LogP contribution in [-0.4, -0.2) is 13.0 Å². The quantitative estimate of drug-likeness (QED) is 0.787. The number of anilines is 1. The second-order valence-electron chi connectivity index (χ2n) is 4.62. The Morgan fingerprint density at radius 3 is 2.68 bits per heavy atom. The van der Waals surface area contributed by atoms with E-state index < -0.39 is 6.04 Å². The number of rotatable bonds is 0. The van der Waals surface area contributed by atoms with Crippen molar-refractivity contribution >= 4 is 11.6 Å². The summed E-state index contributed by atoms with van der Waals surface area (Å²) in [6.07, 6.45) is 0. The van der Waals surface area contributed by atoms with E-state index in [0.717, 1.165) is 11.3 Å². The van der Waals surface area contributed by atoms with Gasteiger partial charge < -0.3 is 10.6 Å². The van der Waals surface area contributed by atoms with E-state index in [2.05, 4.69) is 0 Å². The minimum Gasteiger partial charge on any atom is -0.316 e. The Labute approximate surface area is 110 Å². The summed E-state index contributed by atoms with van der Waals surface area (Å²) in [7, 11) is 1.68. The highest BCUT2D eigenvalue weighted by atomic mass is 19.1. The van der Waals surface area contributed by atoms with E-state index in [1.807, 2.05) is 24.3 Å². The number of amides is 1. The molecule has 1 atom stereocenters. The Morgan fingerprint density at radius 2 is 1.89 bits per heavy atom. The first-order valence-corrected chi connectivity index (χ1v) is 6.01. The van der Waals surface area contributed by atoms with E-state index in [0.29, 0.717) is 11.1 Å². The average Bonchev–Trinajstić information content (AvgIpc) is 2.51. The molecule has 19 heavy (non-hydrogen) atoms. The second kappa shape index (κ2) is 4.17. The molecule has 1 aliphatic heterocycles. The van der Waals surface area contributed by atoms with Crippen LogP contribution < -0.4 is 10.6 Å². The van der Waals surface area contributed by atoms with Crippen molar-refractivity contribution in [1.82, 2.24) is 0 Å². The average molecular weight is 256 g/mol. The van der Waals surface area contributed by atoms with Gasteiger partial charge in [-0.2, -0.15) is 0 Å². The summed E-state index contributed by atoms with van der Waals surface area (Å²) < 4.78 is 13.5. The lowest BCUT2D eigenvalue weighted by Crippen LogP contribution is -2.34. The van der Waals surface area contributed by atoms with Gasteiger partial charge in [-0.15, -0.1) is 0 Å². The zero-order chi connectivity index (χ0) is 13.6. The van der Waals surface area contributed by atoms with Crippen molar-refractivity contribution in [2.24, 2.45) is 5.73 Å². The van der Waals surface area contributed by atoms with Crippen molar-refractivity contribution < 1.29 is 9.18 Å². The van der Waals surface area contributed by atoms with Crippen LogP contribution in [0.25, 0.3) is 11.1 Å². The first kappa shape index (κ1) is 11.9. The predicted molar refractivity (Wildman–Crippen MR) is 72.2 cm³/mol. The molecule has 1 amide bonds. The molecule has 0 radical (unpaired) electrons. The van der Waals surface area contributed by atoms with Gasteiger partial charge in [0.1, 0.15) is 11.9 Å². The van der Waals surface area contributed by atoms with E-state index in [4.69, 9.17) is 5.73 Å². The fourth-order valence-corrected chi connectivity index (χ4v) is 2.49. The smallest absolute Gasteiger partial charge is 0.248 e. The lowest BCUT2D eigenvalue weighted by atomic mass is 9.95. The molecule has 1 aliphatic rings. The first-order valence-electron chi connectivity index (χ1n) is 6.01. The van der Waals surface area contributed by atoms with Crippen molar-refractivity contribution in [3.05, 3.63) is 53.8 Å². The fraction of sp³-hybridized carbons (Fsp3) is 0.133. The number of benzene rings is 2. The molecule has 2 N–H and O–H groups in total. The van der Waals surface area contributed by atoms with E-state index in [-0.39, 0.29) is 11.7 Å². The molecule has 0 saturated heterocycles. The number of halogens is 1. The molecule has 0 spiro atoms. The van der Waals surface area contributed by atoms with Gasteiger partial charge in [-0.05, 0) is 29.3 Å². The van der Waals surface area contributed by atoms with Crippen LogP contribution in [0.3, 0.4) is 0 Å². The molecule has 0 aromatic heterocycles. The van der Waals surface area contributed by atoms with Gasteiger partial charge in [0.15, 0.2) is 0 Å². The third kappa shape index (κ3) is 1.72. The fourth-order valence-electron chi connectivity index (χ4n) is 2.49. The maximum absolute atomic E-state index is 13.5. The monoisotopic (exact) mass is 256 g/mol. The number of para-hydroxylation sites is 1. The molecule has 2 aromatic rings. The number of nitrogens with two attached hydrogens (primary N) is 1. The Balaban J connectivity index is 2.37. The maximum atomic E-state index is 13.5. The summed E-state index contributed by atoms with van der Waals surface area (Å²) in [5.41, 5.74) is 8.90. The third-order valence-electron chi connectivity index (χ3n) is 3.50. The molecular formula is C15H13FN2O. The SMILES string of the molecule is CN1C(=O)[C@@H](N)c2ccc(F)cc2-c2ccccc21. The zero-order valence-electron chi connectivity index (χ0n) is 10.4. The molecule has 0 aliphatic carbocycles. The molecule has 3 nitrogen and oxygen atoms in total. The molecule has 2 aromatic carbocycles. The molecule has 0 fully saturated rings. The van der Waals surface area contributed by atoms with Crippen LogP contribution in [0.5, 0.6) is 0 Å². The van der Waals surface area contributed by atoms with Crippen LogP contribution >= 0.6 is 0 Å². The van der Waals surface area contributed by atoms with Crippen molar-refractivity contribution in [2.45, 2.75) is 6.04 Å². The molecule has 3 rings (SSSR count). The summed E-state index contributed by atoms with van der Waals surface area (Å²) in [5, 5.41) is 0. The summed E-state index contributed by atoms with van der Waals surface area (Å²) in [6.45, 7) is 0. The summed E-state index contributed by atoms with van der Waals surface area (Å²) >= 11 is 0. The van der Waals surface area contributed by atoms with E-state index in [9.17, 15) is 9.18 Å². The molecule has 0 bridgehead atoms. The predicted octanol–water partition coefficient (Wildman–Crippen LogP) is 2.47. The van der Waals surface area contributed by atoms with Crippen molar-refractivity contribution in [1.29, 1.82) is 0 Å². The molecule has 1 heterocycles. The Hall–Kier alpha value is -2.20. The summed E-state index contributed by atoms with van der Waals surface area (Å²) in [4.78, 5) is 13.8. The van der Waals surface area contributed by atoms with Gasteiger partial charge >= 0.3 is 0 Å². The van der Waals surface area contributed by atoms with Gasteiger partial charge in [-0.25, -0.2) is 4.39 Å². The number of nitrogens with zero attached hydrogens (tertiary/aromatic N) is 1. The van der Waals surface area contributed by atoms with Crippen molar-refractivity contribution in [3.63, 3.8) is 0 Å². The van der Waals surface area contributed by atoms with Gasteiger partial charge in [0.25, 0.3) is 0 Å². The van der Waals surface area contributed by atoms with Crippen LogP contribution in [-0.2, 0) is 4.79 Å². The minimum absolute atomic E-state index is 0.196. The van der Waals surface area contributed by atoms with Crippen LogP contribution in [0.1, 0.15) is 11.6 Å². The van der Waals surface area contributed by atoms with Gasteiger partial charge in [0.05, 0.1) is 5.69 Å². The number of fused-ring (bicyclic) bond motifs is 3. The molecule has 0 unspecified atom stereocenters. The number of hydrogen-bond acceptors (Lipinski definition) is 2. The molecule has 4 heteroatoms. The highest BCUT2D eigenvalue weighted by molar-refractivity contribution is 6.04. The van der Waals surface area contributed by atoms with Crippen LogP contribution in [0, 0.1) is 5.82 Å². The van der Waals surface area contributed by atoms with E-state index in [1.54, 1.807) is 13.1 Å².